The van der Waals surface area contributed by atoms with Crippen LogP contribution in [0.1, 0.15) is 27.2 Å². The Morgan fingerprint density at radius 3 is 2.80 bits per heavy atom. The van der Waals surface area contributed by atoms with Crippen molar-refractivity contribution in [3.8, 4) is 0 Å². The van der Waals surface area contributed by atoms with Gasteiger partial charge in [0.2, 0.25) is 0 Å². The smallest absolute Gasteiger partial charge is 0.0643 e. The van der Waals surface area contributed by atoms with Crippen LogP contribution in [0.4, 0.5) is 0 Å². The summed E-state index contributed by atoms with van der Waals surface area (Å²) < 4.78 is 0. The van der Waals surface area contributed by atoms with E-state index in [1.54, 1.807) is 0 Å². The predicted molar refractivity (Wildman–Crippen MR) is 48.3 cm³/mol. The van der Waals surface area contributed by atoms with Gasteiger partial charge in [0.1, 0.15) is 0 Å². The minimum absolute atomic E-state index is 0.370. The van der Waals surface area contributed by atoms with E-state index in [2.05, 4.69) is 37.8 Å². The molecule has 0 aliphatic carbocycles. The van der Waals surface area contributed by atoms with Crippen LogP contribution in [-0.2, 0) is 0 Å². The lowest BCUT2D eigenvalue weighted by Crippen LogP contribution is -2.39. The fourth-order valence-electron chi connectivity index (χ4n) is 1.32. The zero-order valence-corrected chi connectivity index (χ0v) is 7.92. The monoisotopic (exact) mass is 159 g/mol. The highest BCUT2D eigenvalue weighted by Gasteiger charge is 2.33. The van der Waals surface area contributed by atoms with Crippen LogP contribution in [0.25, 0.3) is 0 Å². The number of hydrogen-bond donors (Lipinski definition) is 1. The van der Waals surface area contributed by atoms with E-state index in [1.807, 2.05) is 0 Å². The van der Waals surface area contributed by atoms with Gasteiger partial charge in [0, 0.05) is 12.3 Å². The van der Waals surface area contributed by atoms with Crippen LogP contribution in [-0.4, -0.2) is 17.2 Å². The number of thioether (sulfide) groups is 1. The molecule has 1 N–H and O–H groups in total. The van der Waals surface area contributed by atoms with E-state index >= 15 is 0 Å². The summed E-state index contributed by atoms with van der Waals surface area (Å²) in [6, 6.07) is 0. The SMILES string of the molecule is CCC(C)C1(C)NCCS1. The van der Waals surface area contributed by atoms with Gasteiger partial charge in [-0.2, -0.15) is 0 Å². The van der Waals surface area contributed by atoms with Gasteiger partial charge in [-0.1, -0.05) is 20.3 Å². The van der Waals surface area contributed by atoms with Gasteiger partial charge in [0.05, 0.1) is 4.87 Å². The lowest BCUT2D eigenvalue weighted by atomic mass is 10.0. The van der Waals surface area contributed by atoms with Crippen molar-refractivity contribution in [3.05, 3.63) is 0 Å². The summed E-state index contributed by atoms with van der Waals surface area (Å²) in [7, 11) is 0. The Labute approximate surface area is 68.0 Å². The summed E-state index contributed by atoms with van der Waals surface area (Å²) in [6.45, 7) is 8.09. The van der Waals surface area contributed by atoms with Crippen LogP contribution in [0.5, 0.6) is 0 Å². The van der Waals surface area contributed by atoms with Crippen LogP contribution in [0.2, 0.25) is 0 Å². The molecule has 0 aromatic heterocycles. The van der Waals surface area contributed by atoms with Crippen molar-refractivity contribution >= 4 is 11.8 Å². The molecular formula is C8H17NS. The number of nitrogens with one attached hydrogen (secondary N) is 1. The number of rotatable bonds is 2. The summed E-state index contributed by atoms with van der Waals surface area (Å²) in [5, 5.41) is 3.55. The molecule has 2 atom stereocenters. The summed E-state index contributed by atoms with van der Waals surface area (Å²) >= 11 is 2.07. The Balaban J connectivity index is 2.49. The van der Waals surface area contributed by atoms with Gasteiger partial charge < -0.3 is 5.32 Å². The van der Waals surface area contributed by atoms with E-state index in [4.69, 9.17) is 0 Å². The predicted octanol–water partition coefficient (Wildman–Crippen LogP) is 2.09. The molecule has 1 heterocycles. The first-order valence-electron chi connectivity index (χ1n) is 4.08. The van der Waals surface area contributed by atoms with Gasteiger partial charge >= 0.3 is 0 Å². The van der Waals surface area contributed by atoms with E-state index in [0.29, 0.717) is 4.87 Å². The maximum atomic E-state index is 3.55. The molecule has 1 nitrogen and oxygen atoms in total. The van der Waals surface area contributed by atoms with Gasteiger partial charge in [0.15, 0.2) is 0 Å². The fraction of sp³-hybridized carbons (Fsp3) is 1.00. The van der Waals surface area contributed by atoms with Crippen molar-refractivity contribution < 1.29 is 0 Å². The first-order chi connectivity index (χ1) is 4.69. The summed E-state index contributed by atoms with van der Waals surface area (Å²) in [5.74, 6) is 2.07. The van der Waals surface area contributed by atoms with Crippen LogP contribution in [0, 0.1) is 5.92 Å². The lowest BCUT2D eigenvalue weighted by molar-refractivity contribution is 0.373. The Morgan fingerprint density at radius 1 is 1.70 bits per heavy atom. The van der Waals surface area contributed by atoms with E-state index < -0.39 is 0 Å². The third-order valence-electron chi connectivity index (χ3n) is 2.53. The van der Waals surface area contributed by atoms with Crippen molar-refractivity contribution in [3.63, 3.8) is 0 Å². The Kier molecular flexibility index (Phi) is 2.64. The minimum atomic E-state index is 0.370. The summed E-state index contributed by atoms with van der Waals surface area (Å²) in [5.41, 5.74) is 0. The molecule has 1 aliphatic heterocycles. The van der Waals surface area contributed by atoms with Gasteiger partial charge in [-0.05, 0) is 12.8 Å². The highest BCUT2D eigenvalue weighted by molar-refractivity contribution is 8.00. The molecule has 1 fully saturated rings. The second-order valence-corrected chi connectivity index (χ2v) is 4.74. The Hall–Kier alpha value is 0.310. The Morgan fingerprint density at radius 2 is 2.40 bits per heavy atom. The van der Waals surface area contributed by atoms with Crippen molar-refractivity contribution in [2.45, 2.75) is 32.1 Å². The molecule has 2 unspecified atom stereocenters. The molecule has 0 aromatic rings. The second-order valence-electron chi connectivity index (χ2n) is 3.19. The van der Waals surface area contributed by atoms with Gasteiger partial charge in [0.25, 0.3) is 0 Å². The highest BCUT2D eigenvalue weighted by atomic mass is 32.2. The minimum Gasteiger partial charge on any atom is -0.302 e. The molecular weight excluding hydrogens is 142 g/mol. The topological polar surface area (TPSA) is 12.0 Å². The van der Waals surface area contributed by atoms with Crippen molar-refractivity contribution in [2.75, 3.05) is 12.3 Å². The molecule has 0 spiro atoms. The van der Waals surface area contributed by atoms with Crippen molar-refractivity contribution in [2.24, 2.45) is 5.92 Å². The summed E-state index contributed by atoms with van der Waals surface area (Å²) in [4.78, 5) is 0.370. The average Bonchev–Trinajstić information content (AvgIpc) is 2.36. The van der Waals surface area contributed by atoms with E-state index in [-0.39, 0.29) is 0 Å². The molecule has 0 radical (unpaired) electrons. The first kappa shape index (κ1) is 8.41. The van der Waals surface area contributed by atoms with E-state index in [1.165, 1.54) is 18.7 Å². The maximum Gasteiger partial charge on any atom is 0.0643 e. The third-order valence-corrected chi connectivity index (χ3v) is 4.09. The lowest BCUT2D eigenvalue weighted by Gasteiger charge is -2.29. The zero-order chi connectivity index (χ0) is 7.61. The third kappa shape index (κ3) is 1.48. The molecule has 60 valence electrons. The fourth-order valence-corrected chi connectivity index (χ4v) is 2.60. The molecule has 0 aromatic carbocycles. The van der Waals surface area contributed by atoms with Crippen LogP contribution in [0.3, 0.4) is 0 Å². The maximum absolute atomic E-state index is 3.55. The van der Waals surface area contributed by atoms with Crippen LogP contribution < -0.4 is 5.32 Å². The molecule has 0 bridgehead atoms. The molecule has 1 aliphatic rings. The Bertz CT molecular complexity index is 108. The van der Waals surface area contributed by atoms with Crippen LogP contribution in [0.15, 0.2) is 0 Å². The van der Waals surface area contributed by atoms with Crippen molar-refractivity contribution in [1.82, 2.24) is 5.32 Å². The second kappa shape index (κ2) is 3.14. The largest absolute Gasteiger partial charge is 0.302 e. The van der Waals surface area contributed by atoms with Gasteiger partial charge in [-0.25, -0.2) is 0 Å². The molecule has 1 rings (SSSR count). The normalized spacial score (nSPS) is 36.3. The standard InChI is InChI=1S/C8H17NS/c1-4-7(2)8(3)9-5-6-10-8/h7,9H,4-6H2,1-3H3. The molecule has 0 saturated carbocycles. The van der Waals surface area contributed by atoms with Gasteiger partial charge in [-0.3, -0.25) is 0 Å². The quantitative estimate of drug-likeness (QED) is 0.662. The molecule has 1 saturated heterocycles. The summed E-state index contributed by atoms with van der Waals surface area (Å²) in [6.07, 6.45) is 1.27. The van der Waals surface area contributed by atoms with Crippen molar-refractivity contribution in [1.29, 1.82) is 0 Å². The number of hydrogen-bond acceptors (Lipinski definition) is 2. The van der Waals surface area contributed by atoms with Gasteiger partial charge in [-0.15, -0.1) is 11.8 Å². The average molecular weight is 159 g/mol. The molecule has 2 heteroatoms. The van der Waals surface area contributed by atoms with E-state index in [9.17, 15) is 0 Å². The van der Waals surface area contributed by atoms with Crippen LogP contribution >= 0.6 is 11.8 Å². The molecule has 0 amide bonds. The van der Waals surface area contributed by atoms with E-state index in [0.717, 1.165) is 5.92 Å². The highest BCUT2D eigenvalue weighted by Crippen LogP contribution is 2.35. The molecule has 10 heavy (non-hydrogen) atoms. The first-order valence-corrected chi connectivity index (χ1v) is 5.06. The zero-order valence-electron chi connectivity index (χ0n) is 7.11.